The van der Waals surface area contributed by atoms with Crippen LogP contribution in [0.15, 0.2) is 0 Å². The van der Waals surface area contributed by atoms with E-state index in [1.54, 1.807) is 0 Å². The zero-order chi connectivity index (χ0) is 34.0. The molecule has 282 valence electrons. The van der Waals surface area contributed by atoms with Crippen LogP contribution in [-0.4, -0.2) is 118 Å². The summed E-state index contributed by atoms with van der Waals surface area (Å²) in [7, 11) is 0. The minimum atomic E-state index is -0.140. The average Bonchev–Trinajstić information content (AvgIpc) is 3.08. The summed E-state index contributed by atoms with van der Waals surface area (Å²) in [6, 6.07) is 0. The standard InChI is InChI=1S/C37H74O10/c1-3-5-7-9-10-11-12-13-14-16-18-20-39-21-22-40-23-24-41-25-26-42-27-28-43-29-30-44-31-32-45-33-34-46-35-36-47-37(38)19-17-15-8-6-4-2/h3-36H2,1-2H3. The van der Waals surface area contributed by atoms with Crippen molar-refractivity contribution in [3.8, 4) is 0 Å². The molecule has 0 rings (SSSR count). The van der Waals surface area contributed by atoms with Crippen LogP contribution in [0.5, 0.6) is 0 Å². The van der Waals surface area contributed by atoms with Gasteiger partial charge in [-0.3, -0.25) is 4.79 Å². The largest absolute Gasteiger partial charge is 0.463 e. The number of hydrogen-bond acceptors (Lipinski definition) is 10. The number of carbonyl (C=O) groups excluding carboxylic acids is 1. The second-order valence-electron chi connectivity index (χ2n) is 11.8. The highest BCUT2D eigenvalue weighted by Crippen LogP contribution is 2.11. The van der Waals surface area contributed by atoms with Crippen LogP contribution in [-0.2, 0) is 47.4 Å². The summed E-state index contributed by atoms with van der Waals surface area (Å²) in [5.74, 6) is -0.140. The molecule has 0 saturated carbocycles. The van der Waals surface area contributed by atoms with Gasteiger partial charge in [0.05, 0.1) is 99.1 Å². The van der Waals surface area contributed by atoms with Gasteiger partial charge < -0.3 is 42.6 Å². The maximum Gasteiger partial charge on any atom is 0.305 e. The van der Waals surface area contributed by atoms with E-state index in [2.05, 4.69) is 13.8 Å². The lowest BCUT2D eigenvalue weighted by atomic mass is 10.1. The second-order valence-corrected chi connectivity index (χ2v) is 11.8. The fraction of sp³-hybridized carbons (Fsp3) is 0.973. The maximum atomic E-state index is 11.6. The number of esters is 1. The average molecular weight is 679 g/mol. The maximum absolute atomic E-state index is 11.6. The zero-order valence-electron chi connectivity index (χ0n) is 30.6. The second kappa shape index (κ2) is 43.2. The number of carbonyl (C=O) groups is 1. The summed E-state index contributed by atoms with van der Waals surface area (Å²) < 4.78 is 49.3. The molecule has 0 unspecified atom stereocenters. The molecular weight excluding hydrogens is 604 g/mol. The number of rotatable bonds is 42. The Morgan fingerprint density at radius 2 is 0.553 bits per heavy atom. The lowest BCUT2D eigenvalue weighted by Gasteiger charge is -2.09. The van der Waals surface area contributed by atoms with Crippen molar-refractivity contribution in [2.75, 3.05) is 112 Å². The van der Waals surface area contributed by atoms with E-state index in [0.29, 0.717) is 112 Å². The summed E-state index contributed by atoms with van der Waals surface area (Å²) >= 11 is 0. The first kappa shape index (κ1) is 46.1. The van der Waals surface area contributed by atoms with Gasteiger partial charge in [-0.15, -0.1) is 0 Å². The van der Waals surface area contributed by atoms with E-state index in [-0.39, 0.29) is 5.97 Å². The van der Waals surface area contributed by atoms with Crippen molar-refractivity contribution in [1.29, 1.82) is 0 Å². The quantitative estimate of drug-likeness (QED) is 0.0482. The van der Waals surface area contributed by atoms with E-state index in [9.17, 15) is 4.79 Å². The Labute approximate surface area is 288 Å². The molecule has 0 fully saturated rings. The normalized spacial score (nSPS) is 11.4. The fourth-order valence-corrected chi connectivity index (χ4v) is 4.67. The highest BCUT2D eigenvalue weighted by Gasteiger charge is 2.02. The van der Waals surface area contributed by atoms with Crippen LogP contribution in [0.2, 0.25) is 0 Å². The Balaban J connectivity index is 3.08. The molecule has 0 aromatic rings. The van der Waals surface area contributed by atoms with Crippen LogP contribution in [0, 0.1) is 0 Å². The molecule has 0 N–H and O–H groups in total. The van der Waals surface area contributed by atoms with E-state index in [4.69, 9.17) is 42.6 Å². The van der Waals surface area contributed by atoms with Crippen molar-refractivity contribution in [2.45, 2.75) is 123 Å². The summed E-state index contributed by atoms with van der Waals surface area (Å²) in [4.78, 5) is 11.6. The molecule has 0 radical (unpaired) electrons. The number of ether oxygens (including phenoxy) is 9. The molecule has 47 heavy (non-hydrogen) atoms. The Hall–Kier alpha value is -0.850. The van der Waals surface area contributed by atoms with Crippen LogP contribution in [0.25, 0.3) is 0 Å². The summed E-state index contributed by atoms with van der Waals surface area (Å²) in [6.45, 7) is 13.5. The number of hydrogen-bond donors (Lipinski definition) is 0. The summed E-state index contributed by atoms with van der Waals surface area (Å²) in [5.41, 5.74) is 0. The van der Waals surface area contributed by atoms with Crippen molar-refractivity contribution < 1.29 is 47.4 Å². The third kappa shape index (κ3) is 43.1. The Bertz CT molecular complexity index is 581. The van der Waals surface area contributed by atoms with Crippen LogP contribution in [0.3, 0.4) is 0 Å². The molecule has 10 nitrogen and oxygen atoms in total. The predicted molar refractivity (Wildman–Crippen MR) is 187 cm³/mol. The number of unbranched alkanes of at least 4 members (excludes halogenated alkanes) is 14. The molecule has 0 aliphatic rings. The van der Waals surface area contributed by atoms with Crippen LogP contribution in [0.4, 0.5) is 0 Å². The van der Waals surface area contributed by atoms with Crippen LogP contribution < -0.4 is 0 Å². The zero-order valence-corrected chi connectivity index (χ0v) is 30.6. The molecule has 0 atom stereocenters. The van der Waals surface area contributed by atoms with Gasteiger partial charge >= 0.3 is 5.97 Å². The molecule has 0 aliphatic carbocycles. The Morgan fingerprint density at radius 1 is 0.298 bits per heavy atom. The van der Waals surface area contributed by atoms with Crippen molar-refractivity contribution in [2.24, 2.45) is 0 Å². The van der Waals surface area contributed by atoms with Crippen molar-refractivity contribution in [3.63, 3.8) is 0 Å². The van der Waals surface area contributed by atoms with Crippen LogP contribution >= 0.6 is 0 Å². The van der Waals surface area contributed by atoms with Gasteiger partial charge in [0.25, 0.3) is 0 Å². The molecule has 0 amide bonds. The smallest absolute Gasteiger partial charge is 0.305 e. The molecular formula is C37H74O10. The van der Waals surface area contributed by atoms with Crippen molar-refractivity contribution >= 4 is 5.97 Å². The van der Waals surface area contributed by atoms with Crippen molar-refractivity contribution in [1.82, 2.24) is 0 Å². The fourth-order valence-electron chi connectivity index (χ4n) is 4.67. The van der Waals surface area contributed by atoms with Gasteiger partial charge in [-0.2, -0.15) is 0 Å². The van der Waals surface area contributed by atoms with Crippen LogP contribution in [0.1, 0.15) is 123 Å². The lowest BCUT2D eigenvalue weighted by Crippen LogP contribution is -2.15. The SMILES string of the molecule is CCCCCCCCCCCCCOCCOCCOCCOCCOCCOCCOCCOCCOC(=O)CCCCCCC. The van der Waals surface area contributed by atoms with Gasteiger partial charge in [0.1, 0.15) is 6.61 Å². The summed E-state index contributed by atoms with van der Waals surface area (Å²) in [6.07, 6.45) is 21.0. The third-order valence-corrected chi connectivity index (χ3v) is 7.47. The Morgan fingerprint density at radius 3 is 0.894 bits per heavy atom. The van der Waals surface area contributed by atoms with E-state index in [1.165, 1.54) is 83.5 Å². The molecule has 0 heterocycles. The predicted octanol–water partition coefficient (Wildman–Crippen LogP) is 7.33. The highest BCUT2D eigenvalue weighted by molar-refractivity contribution is 5.69. The molecule has 10 heteroatoms. The van der Waals surface area contributed by atoms with E-state index < -0.39 is 0 Å². The van der Waals surface area contributed by atoms with Gasteiger partial charge in [0.15, 0.2) is 0 Å². The summed E-state index contributed by atoms with van der Waals surface area (Å²) in [5, 5.41) is 0. The van der Waals surface area contributed by atoms with E-state index >= 15 is 0 Å². The molecule has 0 aromatic carbocycles. The lowest BCUT2D eigenvalue weighted by molar-refractivity contribution is -0.145. The Kier molecular flexibility index (Phi) is 42.4. The van der Waals surface area contributed by atoms with Gasteiger partial charge in [-0.1, -0.05) is 104 Å². The molecule has 0 saturated heterocycles. The topological polar surface area (TPSA) is 100 Å². The molecule has 0 aliphatic heterocycles. The van der Waals surface area contributed by atoms with Gasteiger partial charge in [0.2, 0.25) is 0 Å². The molecule has 0 spiro atoms. The first-order valence-corrected chi connectivity index (χ1v) is 19.1. The minimum Gasteiger partial charge on any atom is -0.463 e. The van der Waals surface area contributed by atoms with E-state index in [1.807, 2.05) is 0 Å². The van der Waals surface area contributed by atoms with Gasteiger partial charge in [-0.05, 0) is 12.8 Å². The molecule has 0 aromatic heterocycles. The highest BCUT2D eigenvalue weighted by atomic mass is 16.6. The van der Waals surface area contributed by atoms with Gasteiger partial charge in [-0.25, -0.2) is 0 Å². The van der Waals surface area contributed by atoms with E-state index in [0.717, 1.165) is 25.9 Å². The molecule has 0 bridgehead atoms. The first-order valence-electron chi connectivity index (χ1n) is 19.1. The van der Waals surface area contributed by atoms with Gasteiger partial charge in [0, 0.05) is 13.0 Å². The minimum absolute atomic E-state index is 0.140. The third-order valence-electron chi connectivity index (χ3n) is 7.47. The van der Waals surface area contributed by atoms with Crippen molar-refractivity contribution in [3.05, 3.63) is 0 Å². The monoisotopic (exact) mass is 679 g/mol. The first-order chi connectivity index (χ1) is 23.3.